The summed E-state index contributed by atoms with van der Waals surface area (Å²) in [5, 5.41) is 6.38. The van der Waals surface area contributed by atoms with Gasteiger partial charge in [-0.2, -0.15) is 0 Å². The molecule has 0 saturated heterocycles. The molecule has 0 unspecified atom stereocenters. The van der Waals surface area contributed by atoms with Gasteiger partial charge < -0.3 is 10.2 Å². The topological polar surface area (TPSA) is 65.2 Å². The van der Waals surface area contributed by atoms with Crippen LogP contribution in [0.25, 0.3) is 0 Å². The number of aryl methyl sites for hydroxylation is 1. The fourth-order valence-electron chi connectivity index (χ4n) is 2.16. The zero-order chi connectivity index (χ0) is 14.8. The quantitative estimate of drug-likeness (QED) is 0.655. The van der Waals surface area contributed by atoms with E-state index in [0.29, 0.717) is 23.4 Å². The third-order valence-corrected chi connectivity index (χ3v) is 3.85. The lowest BCUT2D eigenvalue weighted by molar-refractivity contribution is -0.746. The molecule has 21 heavy (non-hydrogen) atoms. The van der Waals surface area contributed by atoms with E-state index in [1.165, 1.54) is 0 Å². The van der Waals surface area contributed by atoms with E-state index in [0.717, 1.165) is 18.5 Å². The molecule has 0 spiro atoms. The SMILES string of the molecule is C[n+]1[nH]oc(=O)c1CN(C(=S)Nc1ccccc1)C1CC1. The highest BCUT2D eigenvalue weighted by atomic mass is 32.1. The lowest BCUT2D eigenvalue weighted by atomic mass is 10.3. The van der Waals surface area contributed by atoms with Crippen molar-refractivity contribution in [3.8, 4) is 0 Å². The Balaban J connectivity index is 1.76. The van der Waals surface area contributed by atoms with Gasteiger partial charge >= 0.3 is 11.3 Å². The van der Waals surface area contributed by atoms with E-state index < -0.39 is 0 Å². The summed E-state index contributed by atoms with van der Waals surface area (Å²) in [6.45, 7) is 0.436. The maximum Gasteiger partial charge on any atom is 0.431 e. The number of nitrogens with zero attached hydrogens (tertiary/aromatic N) is 2. The predicted octanol–water partition coefficient (Wildman–Crippen LogP) is 1.15. The fraction of sp³-hybridized carbons (Fsp3) is 0.357. The number of thiocarbonyl (C=S) groups is 1. The zero-order valence-electron chi connectivity index (χ0n) is 11.7. The van der Waals surface area contributed by atoms with Gasteiger partial charge in [-0.3, -0.25) is 4.52 Å². The normalized spacial score (nSPS) is 14.0. The summed E-state index contributed by atoms with van der Waals surface area (Å²) in [5.41, 5.74) is 1.14. The van der Waals surface area contributed by atoms with Crippen molar-refractivity contribution in [3.63, 3.8) is 0 Å². The molecular weight excluding hydrogens is 288 g/mol. The van der Waals surface area contributed by atoms with E-state index >= 15 is 0 Å². The van der Waals surface area contributed by atoms with Gasteiger partial charge in [0.1, 0.15) is 6.54 Å². The molecule has 2 N–H and O–H groups in total. The first-order valence-electron chi connectivity index (χ1n) is 6.84. The van der Waals surface area contributed by atoms with Crippen molar-refractivity contribution in [2.24, 2.45) is 7.05 Å². The Morgan fingerprint density at radius 2 is 2.19 bits per heavy atom. The number of anilines is 1. The third-order valence-electron chi connectivity index (χ3n) is 3.51. The molecule has 0 bridgehead atoms. The molecule has 6 nitrogen and oxygen atoms in total. The first-order chi connectivity index (χ1) is 10.1. The Morgan fingerprint density at radius 3 is 2.76 bits per heavy atom. The molecule has 0 radical (unpaired) electrons. The Labute approximate surface area is 127 Å². The van der Waals surface area contributed by atoms with Crippen LogP contribution < -0.4 is 15.6 Å². The van der Waals surface area contributed by atoms with E-state index in [4.69, 9.17) is 16.7 Å². The largest absolute Gasteiger partial charge is 0.431 e. The highest BCUT2D eigenvalue weighted by Gasteiger charge is 2.34. The molecule has 1 aliphatic carbocycles. The molecule has 3 rings (SSSR count). The van der Waals surface area contributed by atoms with E-state index in [1.807, 2.05) is 35.2 Å². The van der Waals surface area contributed by atoms with Crippen LogP contribution in [0.2, 0.25) is 0 Å². The van der Waals surface area contributed by atoms with Crippen molar-refractivity contribution in [2.75, 3.05) is 5.32 Å². The average Bonchev–Trinajstić information content (AvgIpc) is 3.26. The number of rotatable bonds is 4. The summed E-state index contributed by atoms with van der Waals surface area (Å²) in [4.78, 5) is 13.7. The lowest BCUT2D eigenvalue weighted by Crippen LogP contribution is -2.44. The molecule has 2 aromatic rings. The second-order valence-electron chi connectivity index (χ2n) is 5.14. The fourth-order valence-corrected chi connectivity index (χ4v) is 2.49. The maximum absolute atomic E-state index is 11.7. The average molecular weight is 305 g/mol. The molecule has 0 atom stereocenters. The van der Waals surface area contributed by atoms with Crippen molar-refractivity contribution in [2.45, 2.75) is 25.4 Å². The number of H-pyrrole nitrogens is 1. The maximum atomic E-state index is 11.7. The number of nitrogens with one attached hydrogen (secondary N) is 2. The van der Waals surface area contributed by atoms with Crippen molar-refractivity contribution < 1.29 is 9.20 Å². The van der Waals surface area contributed by atoms with Gasteiger partial charge in [-0.25, -0.2) is 4.79 Å². The Bertz CT molecular complexity index is 690. The van der Waals surface area contributed by atoms with Crippen LogP contribution in [0.1, 0.15) is 18.5 Å². The van der Waals surface area contributed by atoms with E-state index in [1.54, 1.807) is 11.7 Å². The molecule has 1 saturated carbocycles. The minimum absolute atomic E-state index is 0.356. The number of hydrogen-bond acceptors (Lipinski definition) is 3. The van der Waals surface area contributed by atoms with Gasteiger partial charge in [0.2, 0.25) is 0 Å². The van der Waals surface area contributed by atoms with Gasteiger partial charge in [-0.15, -0.1) is 0 Å². The van der Waals surface area contributed by atoms with Crippen LogP contribution >= 0.6 is 12.2 Å². The summed E-state index contributed by atoms with van der Waals surface area (Å²) < 4.78 is 6.37. The smallest absolute Gasteiger partial charge is 0.335 e. The number of hydrogen-bond donors (Lipinski definition) is 2. The van der Waals surface area contributed by atoms with Crippen molar-refractivity contribution >= 4 is 23.0 Å². The van der Waals surface area contributed by atoms with Gasteiger partial charge in [0.05, 0.1) is 0 Å². The van der Waals surface area contributed by atoms with Crippen LogP contribution in [-0.4, -0.2) is 21.3 Å². The molecule has 1 heterocycles. The number of benzene rings is 1. The summed E-state index contributed by atoms with van der Waals surface area (Å²) in [6, 6.07) is 10.2. The minimum atomic E-state index is -0.356. The van der Waals surface area contributed by atoms with Crippen LogP contribution in [0.15, 0.2) is 39.6 Å². The monoisotopic (exact) mass is 305 g/mol. The number of aromatic nitrogens is 2. The van der Waals surface area contributed by atoms with Crippen molar-refractivity contribution in [1.82, 2.24) is 10.2 Å². The number of para-hydroxylation sites is 1. The molecule has 110 valence electrons. The predicted molar refractivity (Wildman–Crippen MR) is 81.7 cm³/mol. The zero-order valence-corrected chi connectivity index (χ0v) is 12.5. The number of aromatic amines is 1. The summed E-state index contributed by atoms with van der Waals surface area (Å²) in [7, 11) is 1.75. The summed E-state index contributed by atoms with van der Waals surface area (Å²) >= 11 is 5.50. The van der Waals surface area contributed by atoms with Gasteiger partial charge in [0.25, 0.3) is 0 Å². The molecular formula is C14H17N4O2S+. The summed E-state index contributed by atoms with van der Waals surface area (Å²) in [5.74, 6) is 0. The van der Waals surface area contributed by atoms with E-state index in [2.05, 4.69) is 10.6 Å². The highest BCUT2D eigenvalue weighted by molar-refractivity contribution is 7.80. The van der Waals surface area contributed by atoms with E-state index in [-0.39, 0.29) is 5.63 Å². The van der Waals surface area contributed by atoms with Crippen LogP contribution in [0.3, 0.4) is 0 Å². The standard InChI is InChI=1S/C14H16N4O2S/c1-17-12(13(19)20-16-17)9-18(11-7-8-11)14(21)15-10-5-3-2-4-6-10/h2-6,11H,7-9H2,1H3,(H-,15,16,19,21)/p+1. The first kappa shape index (κ1) is 13.8. The van der Waals surface area contributed by atoms with Crippen LogP contribution in [0.4, 0.5) is 5.69 Å². The summed E-state index contributed by atoms with van der Waals surface area (Å²) in [6.07, 6.45) is 2.19. The van der Waals surface area contributed by atoms with Gasteiger partial charge in [-0.05, 0) is 42.5 Å². The molecule has 1 aromatic carbocycles. The highest BCUT2D eigenvalue weighted by Crippen LogP contribution is 2.28. The van der Waals surface area contributed by atoms with Gasteiger partial charge in [-0.1, -0.05) is 22.9 Å². The Morgan fingerprint density at radius 1 is 1.48 bits per heavy atom. The first-order valence-corrected chi connectivity index (χ1v) is 7.25. The van der Waals surface area contributed by atoms with Crippen LogP contribution in [0.5, 0.6) is 0 Å². The molecule has 7 heteroatoms. The van der Waals surface area contributed by atoms with Crippen molar-refractivity contribution in [3.05, 3.63) is 46.4 Å². The molecule has 1 aromatic heterocycles. The Hall–Kier alpha value is -2.15. The second-order valence-corrected chi connectivity index (χ2v) is 5.53. The minimum Gasteiger partial charge on any atom is -0.335 e. The van der Waals surface area contributed by atoms with Crippen LogP contribution in [-0.2, 0) is 13.6 Å². The van der Waals surface area contributed by atoms with Crippen molar-refractivity contribution in [1.29, 1.82) is 0 Å². The molecule has 1 aliphatic rings. The lowest BCUT2D eigenvalue weighted by Gasteiger charge is -2.23. The molecule has 0 aliphatic heterocycles. The van der Waals surface area contributed by atoms with E-state index in [9.17, 15) is 4.79 Å². The third kappa shape index (κ3) is 3.13. The van der Waals surface area contributed by atoms with Gasteiger partial charge in [0.15, 0.2) is 12.2 Å². The second kappa shape index (κ2) is 5.69. The van der Waals surface area contributed by atoms with Gasteiger partial charge in [0, 0.05) is 11.7 Å². The Kier molecular flexibility index (Phi) is 3.74. The van der Waals surface area contributed by atoms with Crippen LogP contribution in [0, 0.1) is 0 Å². The molecule has 1 fully saturated rings. The molecule has 0 amide bonds.